The largest absolute Gasteiger partial charge is 0.312 e. The van der Waals surface area contributed by atoms with E-state index in [-0.39, 0.29) is 23.2 Å². The third-order valence-electron chi connectivity index (χ3n) is 4.39. The molecule has 6 heteroatoms. The summed E-state index contributed by atoms with van der Waals surface area (Å²) in [5, 5.41) is 3.25. The van der Waals surface area contributed by atoms with Crippen LogP contribution in [-0.4, -0.2) is 21.5 Å². The molecule has 2 N–H and O–H groups in total. The first-order valence-electron chi connectivity index (χ1n) is 8.03. The van der Waals surface area contributed by atoms with Gasteiger partial charge in [0.15, 0.2) is 0 Å². The number of hydrogen-bond acceptors (Lipinski definition) is 3. The number of benzene rings is 2. The summed E-state index contributed by atoms with van der Waals surface area (Å²) < 4.78 is 40.7. The van der Waals surface area contributed by atoms with E-state index in [2.05, 4.69) is 10.0 Å². The van der Waals surface area contributed by atoms with E-state index in [4.69, 9.17) is 0 Å². The molecule has 0 amide bonds. The summed E-state index contributed by atoms with van der Waals surface area (Å²) in [6.07, 6.45) is 0.921. The van der Waals surface area contributed by atoms with Gasteiger partial charge in [-0.05, 0) is 59.8 Å². The van der Waals surface area contributed by atoms with Crippen molar-refractivity contribution in [3.05, 3.63) is 65.0 Å². The van der Waals surface area contributed by atoms with E-state index in [0.717, 1.165) is 24.1 Å². The van der Waals surface area contributed by atoms with Crippen LogP contribution in [-0.2, 0) is 23.0 Å². The first-order valence-corrected chi connectivity index (χ1v) is 9.52. The smallest absolute Gasteiger partial charge is 0.240 e. The lowest BCUT2D eigenvalue weighted by molar-refractivity contribution is 0.573. The van der Waals surface area contributed by atoms with E-state index < -0.39 is 10.0 Å². The van der Waals surface area contributed by atoms with Crippen LogP contribution in [0.2, 0.25) is 0 Å². The quantitative estimate of drug-likeness (QED) is 0.873. The zero-order valence-corrected chi connectivity index (χ0v) is 14.4. The molecule has 4 nitrogen and oxygen atoms in total. The van der Waals surface area contributed by atoms with Gasteiger partial charge in [-0.3, -0.25) is 0 Å². The number of fused-ring (bicyclic) bond motifs is 1. The number of rotatable bonds is 5. The lowest BCUT2D eigenvalue weighted by atomic mass is 10.0. The highest BCUT2D eigenvalue weighted by Crippen LogP contribution is 2.20. The minimum atomic E-state index is -3.56. The number of halogens is 1. The second-order valence-electron chi connectivity index (χ2n) is 6.16. The number of sulfonamides is 1. The zero-order chi connectivity index (χ0) is 17.2. The van der Waals surface area contributed by atoms with Gasteiger partial charge in [0, 0.05) is 13.1 Å². The highest BCUT2D eigenvalue weighted by molar-refractivity contribution is 7.89. The Labute approximate surface area is 142 Å². The molecule has 1 atom stereocenters. The van der Waals surface area contributed by atoms with Crippen LogP contribution >= 0.6 is 0 Å². The maximum Gasteiger partial charge on any atom is 0.240 e. The van der Waals surface area contributed by atoms with E-state index >= 15 is 0 Å². The van der Waals surface area contributed by atoms with Crippen molar-refractivity contribution in [1.29, 1.82) is 0 Å². The van der Waals surface area contributed by atoms with Gasteiger partial charge in [0.05, 0.1) is 4.90 Å². The Kier molecular flexibility index (Phi) is 4.99. The molecule has 0 fully saturated rings. The second-order valence-corrected chi connectivity index (χ2v) is 7.93. The van der Waals surface area contributed by atoms with Gasteiger partial charge >= 0.3 is 0 Å². The number of hydrogen-bond donors (Lipinski definition) is 2. The lowest BCUT2D eigenvalue weighted by Gasteiger charge is -2.18. The molecule has 1 heterocycles. The average molecular weight is 348 g/mol. The molecule has 0 aliphatic carbocycles. The third-order valence-corrected chi connectivity index (χ3v) is 5.81. The fraction of sp³-hybridized carbons (Fsp3) is 0.333. The summed E-state index contributed by atoms with van der Waals surface area (Å²) in [5.41, 5.74) is 3.14. The minimum absolute atomic E-state index is 0.0420. The molecule has 0 saturated carbocycles. The molecular weight excluding hydrogens is 327 g/mol. The first-order chi connectivity index (χ1) is 11.5. The molecule has 0 radical (unpaired) electrons. The SMILES string of the molecule is CC(CNS(=O)(=O)c1ccc2c(c1)CNCC2)c1ccc(F)cc1. The van der Waals surface area contributed by atoms with Crippen LogP contribution < -0.4 is 10.0 Å². The Morgan fingerprint density at radius 1 is 1.17 bits per heavy atom. The standard InChI is InChI=1S/C18H21FN2O2S/c1-13(14-2-5-17(19)6-3-14)11-21-24(22,23)18-7-4-15-8-9-20-12-16(15)10-18/h2-7,10,13,20-21H,8-9,11-12H2,1H3. The van der Waals surface area contributed by atoms with Gasteiger partial charge in [0.2, 0.25) is 10.0 Å². The van der Waals surface area contributed by atoms with E-state index in [1.165, 1.54) is 17.7 Å². The molecule has 0 saturated heterocycles. The topological polar surface area (TPSA) is 58.2 Å². The van der Waals surface area contributed by atoms with Crippen molar-refractivity contribution in [2.75, 3.05) is 13.1 Å². The summed E-state index contributed by atoms with van der Waals surface area (Å²) in [6.45, 7) is 3.80. The molecule has 1 aliphatic rings. The molecule has 128 valence electrons. The summed E-state index contributed by atoms with van der Waals surface area (Å²) in [7, 11) is -3.56. The predicted molar refractivity (Wildman–Crippen MR) is 91.9 cm³/mol. The summed E-state index contributed by atoms with van der Waals surface area (Å²) in [5.74, 6) is -0.339. The van der Waals surface area contributed by atoms with Crippen LogP contribution in [0.1, 0.15) is 29.5 Å². The van der Waals surface area contributed by atoms with E-state index in [1.54, 1.807) is 24.3 Å². The average Bonchev–Trinajstić information content (AvgIpc) is 2.60. The van der Waals surface area contributed by atoms with Crippen molar-refractivity contribution >= 4 is 10.0 Å². The molecule has 0 bridgehead atoms. The van der Waals surface area contributed by atoms with Crippen molar-refractivity contribution in [1.82, 2.24) is 10.0 Å². The van der Waals surface area contributed by atoms with Crippen LogP contribution in [0.15, 0.2) is 47.4 Å². The van der Waals surface area contributed by atoms with E-state index in [1.807, 2.05) is 13.0 Å². The normalized spacial score (nSPS) is 15.8. The fourth-order valence-electron chi connectivity index (χ4n) is 2.85. The predicted octanol–water partition coefficient (Wildman–Crippen LogP) is 2.55. The Morgan fingerprint density at radius 2 is 1.92 bits per heavy atom. The van der Waals surface area contributed by atoms with Gasteiger partial charge in [-0.2, -0.15) is 0 Å². The lowest BCUT2D eigenvalue weighted by Crippen LogP contribution is -2.29. The van der Waals surface area contributed by atoms with Gasteiger partial charge < -0.3 is 5.32 Å². The highest BCUT2D eigenvalue weighted by atomic mass is 32.2. The first kappa shape index (κ1) is 17.1. The van der Waals surface area contributed by atoms with Gasteiger partial charge in [0.1, 0.15) is 5.82 Å². The monoisotopic (exact) mass is 348 g/mol. The maximum atomic E-state index is 13.0. The van der Waals surface area contributed by atoms with Crippen molar-refractivity contribution in [2.45, 2.75) is 30.7 Å². The molecule has 2 aromatic rings. The molecule has 0 aromatic heterocycles. The fourth-order valence-corrected chi connectivity index (χ4v) is 4.03. The van der Waals surface area contributed by atoms with Gasteiger partial charge in [0.25, 0.3) is 0 Å². The molecule has 0 spiro atoms. The molecular formula is C18H21FN2O2S. The zero-order valence-electron chi connectivity index (χ0n) is 13.5. The Balaban J connectivity index is 1.70. The molecule has 1 aliphatic heterocycles. The van der Waals surface area contributed by atoms with Gasteiger partial charge in [-0.25, -0.2) is 17.5 Å². The molecule has 3 rings (SSSR count). The summed E-state index contributed by atoms with van der Waals surface area (Å²) in [6, 6.07) is 11.4. The van der Waals surface area contributed by atoms with Crippen molar-refractivity contribution in [2.24, 2.45) is 0 Å². The van der Waals surface area contributed by atoms with Gasteiger partial charge in [-0.15, -0.1) is 0 Å². The van der Waals surface area contributed by atoms with E-state index in [9.17, 15) is 12.8 Å². The Hall–Kier alpha value is -1.76. The Bertz CT molecular complexity index is 819. The summed E-state index contributed by atoms with van der Waals surface area (Å²) in [4.78, 5) is 0.288. The van der Waals surface area contributed by atoms with Crippen LogP contribution in [0.5, 0.6) is 0 Å². The highest BCUT2D eigenvalue weighted by Gasteiger charge is 2.18. The molecule has 2 aromatic carbocycles. The van der Waals surface area contributed by atoms with Gasteiger partial charge in [-0.1, -0.05) is 25.1 Å². The van der Waals surface area contributed by atoms with Crippen LogP contribution in [0.3, 0.4) is 0 Å². The second kappa shape index (κ2) is 7.01. The van der Waals surface area contributed by atoms with E-state index in [0.29, 0.717) is 6.54 Å². The minimum Gasteiger partial charge on any atom is -0.312 e. The molecule has 1 unspecified atom stereocenters. The Morgan fingerprint density at radius 3 is 2.67 bits per heavy atom. The third kappa shape index (κ3) is 3.83. The van der Waals surface area contributed by atoms with Crippen LogP contribution in [0, 0.1) is 5.82 Å². The number of nitrogens with one attached hydrogen (secondary N) is 2. The van der Waals surface area contributed by atoms with Crippen LogP contribution in [0.25, 0.3) is 0 Å². The maximum absolute atomic E-state index is 13.0. The van der Waals surface area contributed by atoms with Crippen molar-refractivity contribution < 1.29 is 12.8 Å². The molecule has 24 heavy (non-hydrogen) atoms. The summed E-state index contributed by atoms with van der Waals surface area (Å²) >= 11 is 0. The van der Waals surface area contributed by atoms with Crippen molar-refractivity contribution in [3.8, 4) is 0 Å². The van der Waals surface area contributed by atoms with Crippen LogP contribution in [0.4, 0.5) is 4.39 Å². The van der Waals surface area contributed by atoms with Crippen molar-refractivity contribution in [3.63, 3.8) is 0 Å².